The van der Waals surface area contributed by atoms with Gasteiger partial charge in [-0.3, -0.25) is 0 Å². The van der Waals surface area contributed by atoms with E-state index in [4.69, 9.17) is 4.74 Å². The van der Waals surface area contributed by atoms with Crippen LogP contribution in [0.1, 0.15) is 32.1 Å². The smallest absolute Gasteiger partial charge is 0.126 e. The third-order valence-electron chi connectivity index (χ3n) is 5.00. The number of para-hydroxylation sites is 1. The molecule has 0 aromatic heterocycles. The van der Waals surface area contributed by atoms with Gasteiger partial charge in [0.15, 0.2) is 0 Å². The van der Waals surface area contributed by atoms with E-state index in [9.17, 15) is 5.11 Å². The van der Waals surface area contributed by atoms with E-state index in [0.29, 0.717) is 6.04 Å². The Hall–Kier alpha value is -1.10. The zero-order valence-corrected chi connectivity index (χ0v) is 13.4. The molecule has 2 N–H and O–H groups in total. The molecule has 0 unspecified atom stereocenters. The van der Waals surface area contributed by atoms with Gasteiger partial charge in [-0.1, -0.05) is 18.2 Å². The summed E-state index contributed by atoms with van der Waals surface area (Å²) in [6.07, 6.45) is 4.91. The number of hydrogen-bond acceptors (Lipinski definition) is 4. The van der Waals surface area contributed by atoms with E-state index in [1.54, 1.807) is 0 Å². The Balaban J connectivity index is 1.54. The number of likely N-dealkylation sites (tertiary alicyclic amines) is 1. The fourth-order valence-electron chi connectivity index (χ4n) is 3.60. The van der Waals surface area contributed by atoms with Crippen LogP contribution in [0, 0.1) is 0 Å². The number of rotatable bonds is 4. The summed E-state index contributed by atoms with van der Waals surface area (Å²) in [5.74, 6) is 0.853. The second-order valence-electron chi connectivity index (χ2n) is 6.74. The number of nitrogens with one attached hydrogen (secondary N) is 1. The first kappa shape index (κ1) is 15.8. The van der Waals surface area contributed by atoms with Crippen LogP contribution in [0.25, 0.3) is 0 Å². The van der Waals surface area contributed by atoms with Gasteiger partial charge in [-0.05, 0) is 64.4 Å². The van der Waals surface area contributed by atoms with E-state index in [1.807, 2.05) is 30.3 Å². The van der Waals surface area contributed by atoms with Crippen molar-refractivity contribution < 1.29 is 9.84 Å². The van der Waals surface area contributed by atoms with Crippen LogP contribution in [0.5, 0.6) is 5.75 Å². The summed E-state index contributed by atoms with van der Waals surface area (Å²) < 4.78 is 6.01. The number of nitrogens with zero attached hydrogens (tertiary/aromatic N) is 1. The van der Waals surface area contributed by atoms with Crippen LogP contribution in [0.15, 0.2) is 30.3 Å². The zero-order chi connectivity index (χ0) is 15.4. The molecule has 1 saturated heterocycles. The number of aliphatic hydroxyl groups excluding tert-OH is 1. The molecule has 1 aliphatic heterocycles. The standard InChI is InChI=1S/C18H28N2O2/c1-20-12-10-14(11-13-20)19-16-8-5-9-17(18(16)21)22-15-6-3-2-4-7-15/h2-4,6-7,14,16-19,21H,5,8-13H2,1H3/t16-,17+,18+/m0/s1. The molecule has 122 valence electrons. The maximum atomic E-state index is 10.7. The molecule has 1 heterocycles. The van der Waals surface area contributed by atoms with Crippen molar-refractivity contribution in [1.82, 2.24) is 10.2 Å². The minimum absolute atomic E-state index is 0.0973. The zero-order valence-electron chi connectivity index (χ0n) is 13.4. The van der Waals surface area contributed by atoms with Crippen LogP contribution in [-0.4, -0.2) is 54.4 Å². The summed E-state index contributed by atoms with van der Waals surface area (Å²) in [6, 6.07) is 10.5. The number of ether oxygens (including phenoxy) is 1. The lowest BCUT2D eigenvalue weighted by molar-refractivity contribution is -0.0198. The summed E-state index contributed by atoms with van der Waals surface area (Å²) in [6.45, 7) is 2.29. The van der Waals surface area contributed by atoms with Gasteiger partial charge in [0.25, 0.3) is 0 Å². The Bertz CT molecular complexity index is 446. The third-order valence-corrected chi connectivity index (χ3v) is 5.00. The van der Waals surface area contributed by atoms with E-state index in [1.165, 1.54) is 12.8 Å². The molecule has 3 atom stereocenters. The Morgan fingerprint density at radius 1 is 1.09 bits per heavy atom. The van der Waals surface area contributed by atoms with Gasteiger partial charge in [0.1, 0.15) is 18.0 Å². The predicted octanol–water partition coefficient (Wildman–Crippen LogP) is 2.03. The average Bonchev–Trinajstić information content (AvgIpc) is 2.54. The highest BCUT2D eigenvalue weighted by Gasteiger charge is 2.34. The largest absolute Gasteiger partial charge is 0.488 e. The van der Waals surface area contributed by atoms with Crippen molar-refractivity contribution >= 4 is 0 Å². The van der Waals surface area contributed by atoms with Gasteiger partial charge in [0, 0.05) is 12.1 Å². The molecular weight excluding hydrogens is 276 g/mol. The summed E-state index contributed by atoms with van der Waals surface area (Å²) in [4.78, 5) is 2.37. The van der Waals surface area contributed by atoms with E-state index < -0.39 is 6.10 Å². The van der Waals surface area contributed by atoms with Crippen LogP contribution in [0.3, 0.4) is 0 Å². The van der Waals surface area contributed by atoms with Crippen LogP contribution in [0.4, 0.5) is 0 Å². The Morgan fingerprint density at radius 2 is 1.82 bits per heavy atom. The first-order valence-corrected chi connectivity index (χ1v) is 8.57. The monoisotopic (exact) mass is 304 g/mol. The van der Waals surface area contributed by atoms with Gasteiger partial charge < -0.3 is 20.1 Å². The topological polar surface area (TPSA) is 44.7 Å². The summed E-state index contributed by atoms with van der Waals surface area (Å²) in [7, 11) is 2.18. The highest BCUT2D eigenvalue weighted by atomic mass is 16.5. The van der Waals surface area contributed by atoms with Gasteiger partial charge in [-0.2, -0.15) is 0 Å². The van der Waals surface area contributed by atoms with Crippen molar-refractivity contribution in [2.24, 2.45) is 0 Å². The minimum atomic E-state index is -0.423. The fraction of sp³-hybridized carbons (Fsp3) is 0.667. The molecule has 4 heteroatoms. The fourth-order valence-corrected chi connectivity index (χ4v) is 3.60. The van der Waals surface area contributed by atoms with Crippen molar-refractivity contribution in [2.45, 2.75) is 56.4 Å². The van der Waals surface area contributed by atoms with Crippen molar-refractivity contribution in [1.29, 1.82) is 0 Å². The predicted molar refractivity (Wildman–Crippen MR) is 88.2 cm³/mol. The molecule has 0 radical (unpaired) electrons. The second kappa shape index (κ2) is 7.44. The SMILES string of the molecule is CN1CCC(N[C@H]2CCC[C@@H](Oc3ccccc3)[C@@H]2O)CC1. The van der Waals surface area contributed by atoms with Gasteiger partial charge >= 0.3 is 0 Å². The Labute approximate surface area is 133 Å². The first-order valence-electron chi connectivity index (χ1n) is 8.57. The molecule has 0 spiro atoms. The second-order valence-corrected chi connectivity index (χ2v) is 6.74. The van der Waals surface area contributed by atoms with Gasteiger partial charge in [0.05, 0.1) is 0 Å². The molecule has 1 aromatic carbocycles. The van der Waals surface area contributed by atoms with Crippen LogP contribution >= 0.6 is 0 Å². The van der Waals surface area contributed by atoms with Crippen LogP contribution in [0.2, 0.25) is 0 Å². The highest BCUT2D eigenvalue weighted by Crippen LogP contribution is 2.25. The molecule has 22 heavy (non-hydrogen) atoms. The Morgan fingerprint density at radius 3 is 2.55 bits per heavy atom. The number of piperidine rings is 1. The lowest BCUT2D eigenvalue weighted by Crippen LogP contribution is -2.55. The number of benzene rings is 1. The van der Waals surface area contributed by atoms with Crippen molar-refractivity contribution in [3.8, 4) is 5.75 Å². The lowest BCUT2D eigenvalue weighted by atomic mass is 9.88. The number of hydrogen-bond donors (Lipinski definition) is 2. The molecule has 2 fully saturated rings. The molecule has 1 aromatic rings. The molecular formula is C18H28N2O2. The number of aliphatic hydroxyl groups is 1. The maximum Gasteiger partial charge on any atom is 0.126 e. The average molecular weight is 304 g/mol. The van der Waals surface area contributed by atoms with E-state index in [2.05, 4.69) is 17.3 Å². The van der Waals surface area contributed by atoms with E-state index >= 15 is 0 Å². The van der Waals surface area contributed by atoms with Crippen molar-refractivity contribution in [2.75, 3.05) is 20.1 Å². The molecule has 1 aliphatic carbocycles. The Kier molecular flexibility index (Phi) is 5.34. The molecule has 2 aliphatic rings. The van der Waals surface area contributed by atoms with Crippen molar-refractivity contribution in [3.05, 3.63) is 30.3 Å². The molecule has 3 rings (SSSR count). The summed E-state index contributed by atoms with van der Waals surface area (Å²) in [5.41, 5.74) is 0. The van der Waals surface area contributed by atoms with E-state index in [0.717, 1.165) is 38.1 Å². The van der Waals surface area contributed by atoms with Crippen molar-refractivity contribution in [3.63, 3.8) is 0 Å². The third kappa shape index (κ3) is 4.00. The minimum Gasteiger partial charge on any atom is -0.488 e. The summed E-state index contributed by atoms with van der Waals surface area (Å²) >= 11 is 0. The maximum absolute atomic E-state index is 10.7. The molecule has 0 bridgehead atoms. The lowest BCUT2D eigenvalue weighted by Gasteiger charge is -2.39. The molecule has 0 amide bonds. The normalized spacial score (nSPS) is 31.1. The summed E-state index contributed by atoms with van der Waals surface area (Å²) in [5, 5.41) is 14.4. The van der Waals surface area contributed by atoms with E-state index in [-0.39, 0.29) is 12.1 Å². The van der Waals surface area contributed by atoms with Gasteiger partial charge in [0.2, 0.25) is 0 Å². The van der Waals surface area contributed by atoms with Crippen LogP contribution < -0.4 is 10.1 Å². The quantitative estimate of drug-likeness (QED) is 0.893. The molecule has 4 nitrogen and oxygen atoms in total. The highest BCUT2D eigenvalue weighted by molar-refractivity contribution is 5.21. The first-order chi connectivity index (χ1) is 10.7. The van der Waals surface area contributed by atoms with Gasteiger partial charge in [-0.25, -0.2) is 0 Å². The van der Waals surface area contributed by atoms with Gasteiger partial charge in [-0.15, -0.1) is 0 Å². The molecule has 1 saturated carbocycles. The van der Waals surface area contributed by atoms with Crippen LogP contribution in [-0.2, 0) is 0 Å².